The molecule has 37 heavy (non-hydrogen) atoms. The zero-order valence-electron chi connectivity index (χ0n) is 20.0. The van der Waals surface area contributed by atoms with Crippen LogP contribution in [0.25, 0.3) is 0 Å². The van der Waals surface area contributed by atoms with Crippen molar-refractivity contribution in [2.24, 2.45) is 0 Å². The van der Waals surface area contributed by atoms with E-state index in [-0.39, 0.29) is 24.5 Å². The Balaban J connectivity index is 1.09. The number of hydrogen-bond donors (Lipinski definition) is 0. The Labute approximate surface area is 210 Å². The maximum atomic E-state index is 12.7. The number of rotatable bonds is 7. The number of halogens is 3. The number of hydrogen-bond acceptors (Lipinski definition) is 7. The highest BCUT2D eigenvalue weighted by Gasteiger charge is 2.41. The molecule has 1 aromatic heterocycles. The number of imidazole rings is 1. The Kier molecular flexibility index (Phi) is 6.34. The van der Waals surface area contributed by atoms with Gasteiger partial charge in [0.05, 0.1) is 12.1 Å². The van der Waals surface area contributed by atoms with E-state index in [1.165, 1.54) is 18.3 Å². The van der Waals surface area contributed by atoms with Gasteiger partial charge in [0.15, 0.2) is 5.60 Å². The van der Waals surface area contributed by atoms with Gasteiger partial charge in [0.1, 0.15) is 30.4 Å². The summed E-state index contributed by atoms with van der Waals surface area (Å²) in [5.74, 6) is 0.864. The SMILES string of the molecule is CC1(COc2ccc(N3CCC(Oc4ccc(C(F)(F)F)cc4)CC3)cc2)Cn2cc([N+](=O)[O-])nc2O1. The maximum Gasteiger partial charge on any atom is 0.416 e. The fourth-order valence-electron chi connectivity index (χ4n) is 4.49. The highest BCUT2D eigenvalue weighted by molar-refractivity contribution is 5.49. The Morgan fingerprint density at radius 2 is 1.76 bits per heavy atom. The summed E-state index contributed by atoms with van der Waals surface area (Å²) >= 11 is 0. The fraction of sp³-hybridized carbons (Fsp3) is 0.400. The Hall–Kier alpha value is -3.96. The number of anilines is 1. The summed E-state index contributed by atoms with van der Waals surface area (Å²) in [6.07, 6.45) is -1.56. The first-order valence-corrected chi connectivity index (χ1v) is 11.8. The van der Waals surface area contributed by atoms with Crippen LogP contribution >= 0.6 is 0 Å². The van der Waals surface area contributed by atoms with Crippen LogP contribution in [0.4, 0.5) is 24.7 Å². The zero-order chi connectivity index (χ0) is 26.2. The van der Waals surface area contributed by atoms with E-state index >= 15 is 0 Å². The summed E-state index contributed by atoms with van der Waals surface area (Å²) in [5, 5.41) is 10.9. The van der Waals surface area contributed by atoms with Gasteiger partial charge < -0.3 is 29.2 Å². The molecule has 1 saturated heterocycles. The predicted molar refractivity (Wildman–Crippen MR) is 127 cm³/mol. The zero-order valence-corrected chi connectivity index (χ0v) is 20.0. The molecular weight excluding hydrogens is 493 g/mol. The molecule has 5 rings (SSSR count). The molecule has 0 bridgehead atoms. The molecule has 0 spiro atoms. The maximum absolute atomic E-state index is 12.7. The highest BCUT2D eigenvalue weighted by Crippen LogP contribution is 2.33. The minimum Gasteiger partial charge on any atom is -0.490 e. The van der Waals surface area contributed by atoms with Gasteiger partial charge in [0.25, 0.3) is 0 Å². The second-order valence-electron chi connectivity index (χ2n) is 9.43. The standard InChI is InChI=1S/C25H25F3N4O5/c1-24(15-31-14-22(32(33)34)29-23(31)37-24)16-35-19-8-4-18(5-9-19)30-12-10-21(11-13-30)36-20-6-2-17(3-7-20)25(26,27)28/h2-9,14,21H,10-13,15-16H2,1H3. The van der Waals surface area contributed by atoms with E-state index < -0.39 is 22.3 Å². The normalized spacial score (nSPS) is 19.8. The van der Waals surface area contributed by atoms with Gasteiger partial charge in [-0.2, -0.15) is 13.2 Å². The molecule has 2 aliphatic rings. The average Bonchev–Trinajstić information content (AvgIpc) is 3.39. The van der Waals surface area contributed by atoms with Gasteiger partial charge >= 0.3 is 18.0 Å². The molecule has 9 nitrogen and oxygen atoms in total. The third-order valence-corrected chi connectivity index (χ3v) is 6.43. The lowest BCUT2D eigenvalue weighted by molar-refractivity contribution is -0.389. The second kappa shape index (κ2) is 9.49. The first-order valence-electron chi connectivity index (χ1n) is 11.8. The fourth-order valence-corrected chi connectivity index (χ4v) is 4.49. The van der Waals surface area contributed by atoms with Crippen LogP contribution in [-0.2, 0) is 12.7 Å². The molecular formula is C25H25F3N4O5. The van der Waals surface area contributed by atoms with Crippen molar-refractivity contribution < 1.29 is 32.3 Å². The van der Waals surface area contributed by atoms with E-state index in [4.69, 9.17) is 14.2 Å². The van der Waals surface area contributed by atoms with Crippen LogP contribution in [0.1, 0.15) is 25.3 Å². The van der Waals surface area contributed by atoms with Crippen molar-refractivity contribution >= 4 is 11.5 Å². The van der Waals surface area contributed by atoms with Crippen LogP contribution in [0.5, 0.6) is 17.5 Å². The van der Waals surface area contributed by atoms with Gasteiger partial charge in [-0.05, 0) is 60.4 Å². The minimum absolute atomic E-state index is 0.0566. The molecule has 0 amide bonds. The van der Waals surface area contributed by atoms with Gasteiger partial charge in [0.2, 0.25) is 0 Å². The summed E-state index contributed by atoms with van der Waals surface area (Å²) in [6.45, 7) is 4.02. The average molecular weight is 518 g/mol. The van der Waals surface area contributed by atoms with Crippen molar-refractivity contribution in [3.05, 3.63) is 70.4 Å². The van der Waals surface area contributed by atoms with Crippen LogP contribution < -0.4 is 19.1 Å². The molecule has 3 heterocycles. The lowest BCUT2D eigenvalue weighted by Crippen LogP contribution is -2.38. The summed E-state index contributed by atoms with van der Waals surface area (Å²) in [7, 11) is 0. The first kappa shape index (κ1) is 24.7. The van der Waals surface area contributed by atoms with Gasteiger partial charge in [-0.15, -0.1) is 0 Å². The number of nitro groups is 1. The summed E-state index contributed by atoms with van der Waals surface area (Å²) in [6, 6.07) is 12.7. The van der Waals surface area contributed by atoms with Gasteiger partial charge in [-0.3, -0.25) is 4.57 Å². The van der Waals surface area contributed by atoms with Gasteiger partial charge in [-0.1, -0.05) is 0 Å². The number of ether oxygens (including phenoxy) is 3. The van der Waals surface area contributed by atoms with Gasteiger partial charge in [-0.25, -0.2) is 0 Å². The van der Waals surface area contributed by atoms with E-state index in [9.17, 15) is 23.3 Å². The summed E-state index contributed by atoms with van der Waals surface area (Å²) in [5.41, 5.74) is -0.341. The molecule has 1 atom stereocenters. The van der Waals surface area contributed by atoms with E-state index in [0.29, 0.717) is 18.0 Å². The molecule has 0 saturated carbocycles. The Bertz CT molecular complexity index is 1230. The monoisotopic (exact) mass is 518 g/mol. The molecule has 196 valence electrons. The van der Waals surface area contributed by atoms with Crippen molar-refractivity contribution in [2.45, 2.75) is 44.2 Å². The molecule has 12 heteroatoms. The minimum atomic E-state index is -4.36. The number of fused-ring (bicyclic) bond motifs is 1. The van der Waals surface area contributed by atoms with Crippen molar-refractivity contribution in [3.63, 3.8) is 0 Å². The van der Waals surface area contributed by atoms with E-state index in [1.807, 2.05) is 31.2 Å². The second-order valence-corrected chi connectivity index (χ2v) is 9.43. The molecule has 1 fully saturated rings. The molecule has 0 aliphatic carbocycles. The smallest absolute Gasteiger partial charge is 0.416 e. The van der Waals surface area contributed by atoms with Crippen LogP contribution in [-0.4, -0.2) is 45.9 Å². The molecule has 0 radical (unpaired) electrons. The number of nitrogens with zero attached hydrogens (tertiary/aromatic N) is 4. The summed E-state index contributed by atoms with van der Waals surface area (Å²) < 4.78 is 57.4. The van der Waals surface area contributed by atoms with Crippen molar-refractivity contribution in [1.29, 1.82) is 0 Å². The van der Waals surface area contributed by atoms with E-state index in [1.54, 1.807) is 4.57 Å². The topological polar surface area (TPSA) is 91.9 Å². The first-order chi connectivity index (χ1) is 17.6. The number of benzene rings is 2. The van der Waals surface area contributed by atoms with Crippen molar-refractivity contribution in [1.82, 2.24) is 9.55 Å². The lowest BCUT2D eigenvalue weighted by atomic mass is 10.1. The lowest BCUT2D eigenvalue weighted by Gasteiger charge is -2.34. The summed E-state index contributed by atoms with van der Waals surface area (Å²) in [4.78, 5) is 16.4. The predicted octanol–water partition coefficient (Wildman–Crippen LogP) is 5.09. The van der Waals surface area contributed by atoms with E-state index in [2.05, 4.69) is 9.88 Å². The van der Waals surface area contributed by atoms with Crippen molar-refractivity contribution in [3.8, 4) is 17.5 Å². The van der Waals surface area contributed by atoms with Crippen molar-refractivity contribution in [2.75, 3.05) is 24.6 Å². The molecule has 2 aliphatic heterocycles. The molecule has 3 aromatic rings. The van der Waals surface area contributed by atoms with Crippen LogP contribution in [0.15, 0.2) is 54.7 Å². The van der Waals surface area contributed by atoms with Gasteiger partial charge in [0, 0.05) is 36.6 Å². The Morgan fingerprint density at radius 1 is 1.11 bits per heavy atom. The third kappa shape index (κ3) is 5.57. The largest absolute Gasteiger partial charge is 0.490 e. The van der Waals surface area contributed by atoms with Crippen LogP contribution in [0.2, 0.25) is 0 Å². The van der Waals surface area contributed by atoms with Crippen LogP contribution in [0.3, 0.4) is 0 Å². The Morgan fingerprint density at radius 3 is 2.35 bits per heavy atom. The molecule has 2 aromatic carbocycles. The number of piperidine rings is 1. The number of aromatic nitrogens is 2. The highest BCUT2D eigenvalue weighted by atomic mass is 19.4. The molecule has 1 unspecified atom stereocenters. The van der Waals surface area contributed by atoms with E-state index in [0.717, 1.165) is 43.8 Å². The number of alkyl halides is 3. The van der Waals surface area contributed by atoms with Crippen LogP contribution in [0, 0.1) is 10.1 Å². The third-order valence-electron chi connectivity index (χ3n) is 6.43. The quantitative estimate of drug-likeness (QED) is 0.318. The molecule has 0 N–H and O–H groups in total.